The van der Waals surface area contributed by atoms with Gasteiger partial charge < -0.3 is 5.73 Å². The summed E-state index contributed by atoms with van der Waals surface area (Å²) in [5, 5.41) is 3.53. The number of thiazole rings is 1. The van der Waals surface area contributed by atoms with E-state index in [1.54, 1.807) is 24.4 Å². The predicted molar refractivity (Wildman–Crippen MR) is 70.7 cm³/mol. The monoisotopic (exact) mass is 267 g/mol. The molecule has 4 nitrogen and oxygen atoms in total. The number of anilines is 2. The van der Waals surface area contributed by atoms with Gasteiger partial charge >= 0.3 is 0 Å². The topological polar surface area (TPSA) is 68.0 Å². The first-order chi connectivity index (χ1) is 8.08. The molecule has 0 spiro atoms. The number of rotatable bonds is 2. The molecule has 0 aliphatic carbocycles. The van der Waals surface area contributed by atoms with Gasteiger partial charge in [0.2, 0.25) is 0 Å². The lowest BCUT2D eigenvalue weighted by Crippen LogP contribution is -2.14. The first-order valence-electron chi connectivity index (χ1n) is 4.85. The number of nitrogens with one attached hydrogen (secondary N) is 1. The van der Waals surface area contributed by atoms with Gasteiger partial charge in [0, 0.05) is 16.8 Å². The number of hydrogen-bond acceptors (Lipinski definition) is 4. The number of carbonyl (C=O) groups excluding carboxylic acids is 1. The molecule has 1 aromatic heterocycles. The van der Waals surface area contributed by atoms with Crippen LogP contribution in [0.5, 0.6) is 0 Å². The quantitative estimate of drug-likeness (QED) is 0.822. The molecule has 2 rings (SSSR count). The molecule has 1 heterocycles. The van der Waals surface area contributed by atoms with Crippen LogP contribution in [0.3, 0.4) is 0 Å². The number of carbonyl (C=O) groups is 1. The number of aromatic nitrogens is 1. The molecule has 2 aromatic rings. The minimum atomic E-state index is -0.345. The van der Waals surface area contributed by atoms with E-state index in [4.69, 9.17) is 17.3 Å². The Kier molecular flexibility index (Phi) is 3.31. The summed E-state index contributed by atoms with van der Waals surface area (Å²) in [7, 11) is 0. The zero-order valence-corrected chi connectivity index (χ0v) is 10.6. The Balaban J connectivity index is 2.26. The van der Waals surface area contributed by atoms with Crippen molar-refractivity contribution in [1.82, 2.24) is 4.98 Å². The molecule has 0 unspecified atom stereocenters. The molecule has 0 radical (unpaired) electrons. The summed E-state index contributed by atoms with van der Waals surface area (Å²) < 4.78 is 0. The van der Waals surface area contributed by atoms with Crippen LogP contribution in [-0.4, -0.2) is 10.9 Å². The van der Waals surface area contributed by atoms with E-state index in [1.165, 1.54) is 11.3 Å². The molecule has 0 bridgehead atoms. The van der Waals surface area contributed by atoms with E-state index >= 15 is 0 Å². The van der Waals surface area contributed by atoms with E-state index < -0.39 is 0 Å². The van der Waals surface area contributed by atoms with Crippen molar-refractivity contribution in [2.24, 2.45) is 0 Å². The lowest BCUT2D eigenvalue weighted by atomic mass is 10.1. The molecular weight excluding hydrogens is 258 g/mol. The summed E-state index contributed by atoms with van der Waals surface area (Å²) in [4.78, 5) is 17.0. The second-order valence-corrected chi connectivity index (χ2v) is 5.08. The van der Waals surface area contributed by atoms with Crippen LogP contribution in [-0.2, 0) is 0 Å². The van der Waals surface area contributed by atoms with Crippen molar-refractivity contribution in [3.63, 3.8) is 0 Å². The highest BCUT2D eigenvalue weighted by atomic mass is 35.5. The van der Waals surface area contributed by atoms with Crippen molar-refractivity contribution in [3.8, 4) is 0 Å². The fourth-order valence-corrected chi connectivity index (χ4v) is 2.28. The van der Waals surface area contributed by atoms with Crippen molar-refractivity contribution >= 4 is 39.7 Å². The molecule has 0 saturated carbocycles. The highest BCUT2D eigenvalue weighted by Crippen LogP contribution is 2.24. The lowest BCUT2D eigenvalue weighted by Gasteiger charge is -2.06. The molecule has 0 aliphatic rings. The van der Waals surface area contributed by atoms with Crippen LogP contribution in [0.1, 0.15) is 15.2 Å². The van der Waals surface area contributed by atoms with Crippen molar-refractivity contribution < 1.29 is 4.79 Å². The van der Waals surface area contributed by atoms with E-state index in [0.29, 0.717) is 15.8 Å². The molecule has 17 heavy (non-hydrogen) atoms. The average molecular weight is 268 g/mol. The van der Waals surface area contributed by atoms with E-state index in [9.17, 15) is 4.79 Å². The Bertz CT molecular complexity index is 547. The van der Waals surface area contributed by atoms with Gasteiger partial charge in [0.25, 0.3) is 5.91 Å². The van der Waals surface area contributed by atoms with Crippen molar-refractivity contribution in [2.75, 3.05) is 11.1 Å². The van der Waals surface area contributed by atoms with Crippen molar-refractivity contribution in [2.45, 2.75) is 6.92 Å². The van der Waals surface area contributed by atoms with Crippen LogP contribution in [0.15, 0.2) is 24.4 Å². The highest BCUT2D eigenvalue weighted by Gasteiger charge is 2.14. The van der Waals surface area contributed by atoms with Gasteiger partial charge in [-0.25, -0.2) is 4.98 Å². The number of hydrogen-bond donors (Lipinski definition) is 2. The first kappa shape index (κ1) is 11.9. The highest BCUT2D eigenvalue weighted by molar-refractivity contribution is 7.15. The van der Waals surface area contributed by atoms with Crippen molar-refractivity contribution in [3.05, 3.63) is 39.9 Å². The van der Waals surface area contributed by atoms with Crippen LogP contribution >= 0.6 is 22.9 Å². The number of nitrogen functional groups attached to an aromatic ring is 1. The summed E-state index contributed by atoms with van der Waals surface area (Å²) in [5.41, 5.74) is 6.35. The second kappa shape index (κ2) is 4.73. The van der Waals surface area contributed by atoms with E-state index in [0.717, 1.165) is 4.88 Å². The Morgan fingerprint density at radius 2 is 2.29 bits per heavy atom. The third-order valence-corrected chi connectivity index (χ3v) is 3.26. The third kappa shape index (κ3) is 2.57. The number of nitrogens with two attached hydrogens (primary N) is 1. The summed E-state index contributed by atoms with van der Waals surface area (Å²) >= 11 is 7.33. The Labute approximate surface area is 107 Å². The molecule has 0 atom stereocenters. The Hall–Kier alpha value is -1.59. The standard InChI is InChI=1S/C11H10ClN3OS/c1-6-5-14-11(17-6)15-10(16)9-7(12)3-2-4-8(9)13/h2-5H,13H2,1H3,(H,14,15,16). The average Bonchev–Trinajstić information content (AvgIpc) is 2.63. The Morgan fingerprint density at radius 1 is 1.53 bits per heavy atom. The number of aryl methyl sites for hydroxylation is 1. The van der Waals surface area contributed by atoms with E-state index in [-0.39, 0.29) is 11.5 Å². The van der Waals surface area contributed by atoms with Gasteiger partial charge in [-0.3, -0.25) is 10.1 Å². The van der Waals surface area contributed by atoms with Crippen LogP contribution in [0.25, 0.3) is 0 Å². The number of halogens is 1. The first-order valence-corrected chi connectivity index (χ1v) is 6.05. The van der Waals surface area contributed by atoms with Gasteiger partial charge in [-0.2, -0.15) is 0 Å². The van der Waals surface area contributed by atoms with Gasteiger partial charge in [0.15, 0.2) is 5.13 Å². The second-order valence-electron chi connectivity index (χ2n) is 3.43. The minimum Gasteiger partial charge on any atom is -0.398 e. The van der Waals surface area contributed by atoms with E-state index in [1.807, 2.05) is 6.92 Å². The Morgan fingerprint density at radius 3 is 2.88 bits per heavy atom. The third-order valence-electron chi connectivity index (χ3n) is 2.11. The summed E-state index contributed by atoms with van der Waals surface area (Å²) in [6, 6.07) is 4.95. The molecule has 1 amide bonds. The molecular formula is C11H10ClN3OS. The molecule has 1 aromatic carbocycles. The summed E-state index contributed by atoms with van der Waals surface area (Å²) in [6.07, 6.45) is 1.69. The summed E-state index contributed by atoms with van der Waals surface area (Å²) in [5.74, 6) is -0.345. The van der Waals surface area contributed by atoms with Gasteiger partial charge in [0.05, 0.1) is 10.6 Å². The molecule has 0 fully saturated rings. The molecule has 0 aliphatic heterocycles. The normalized spacial score (nSPS) is 10.2. The van der Waals surface area contributed by atoms with Crippen LogP contribution in [0.4, 0.5) is 10.8 Å². The molecule has 88 valence electrons. The van der Waals surface area contributed by atoms with Crippen LogP contribution in [0.2, 0.25) is 5.02 Å². The maximum atomic E-state index is 12.0. The molecule has 0 saturated heterocycles. The fourth-order valence-electron chi connectivity index (χ4n) is 1.35. The lowest BCUT2D eigenvalue weighted by molar-refractivity contribution is 0.102. The number of amides is 1. The predicted octanol–water partition coefficient (Wildman–Crippen LogP) is 2.94. The van der Waals surface area contributed by atoms with Crippen LogP contribution < -0.4 is 11.1 Å². The van der Waals surface area contributed by atoms with Gasteiger partial charge in [-0.05, 0) is 19.1 Å². The maximum absolute atomic E-state index is 12.0. The van der Waals surface area contributed by atoms with Crippen molar-refractivity contribution in [1.29, 1.82) is 0 Å². The zero-order chi connectivity index (χ0) is 12.4. The van der Waals surface area contributed by atoms with Gasteiger partial charge in [0.1, 0.15) is 0 Å². The van der Waals surface area contributed by atoms with Gasteiger partial charge in [-0.1, -0.05) is 17.7 Å². The smallest absolute Gasteiger partial charge is 0.261 e. The fraction of sp³-hybridized carbons (Fsp3) is 0.0909. The molecule has 3 N–H and O–H groups in total. The number of nitrogens with zero attached hydrogens (tertiary/aromatic N) is 1. The zero-order valence-electron chi connectivity index (χ0n) is 9.03. The van der Waals surface area contributed by atoms with Gasteiger partial charge in [-0.15, -0.1) is 11.3 Å². The molecule has 6 heteroatoms. The largest absolute Gasteiger partial charge is 0.398 e. The summed E-state index contributed by atoms with van der Waals surface area (Å²) in [6.45, 7) is 1.91. The number of benzene rings is 1. The van der Waals surface area contributed by atoms with E-state index in [2.05, 4.69) is 10.3 Å². The maximum Gasteiger partial charge on any atom is 0.261 e. The minimum absolute atomic E-state index is 0.280. The SMILES string of the molecule is Cc1cnc(NC(=O)c2c(N)cccc2Cl)s1. The van der Waals surface area contributed by atoms with Crippen LogP contribution in [0, 0.1) is 6.92 Å².